The minimum atomic E-state index is -0.268. The molecule has 1 saturated heterocycles. The largest absolute Gasteiger partial charge is 0.496 e. The van der Waals surface area contributed by atoms with Crippen LogP contribution in [0.25, 0.3) is 5.57 Å². The van der Waals surface area contributed by atoms with E-state index in [-0.39, 0.29) is 11.8 Å². The van der Waals surface area contributed by atoms with Crippen LogP contribution >= 0.6 is 0 Å². The molecular weight excluding hydrogens is 418 g/mol. The molecule has 7 nitrogen and oxygen atoms in total. The molecule has 0 saturated carbocycles. The summed E-state index contributed by atoms with van der Waals surface area (Å²) in [5, 5.41) is 0. The van der Waals surface area contributed by atoms with Crippen LogP contribution in [-0.4, -0.2) is 74.7 Å². The standard InChI is InChI=1S/C26H31N3O4/c1-3-28(20-10-5-4-6-11-20)24-23(21-12-7-8-13-22(21)32-2)25(30)29(26(24)31)15-9-14-27-16-18-33-19-17-27/h4-8,10-13H,3,9,14-19H2,1-2H3. The fourth-order valence-electron chi connectivity index (χ4n) is 4.47. The van der Waals surface area contributed by atoms with E-state index in [2.05, 4.69) is 4.90 Å². The van der Waals surface area contributed by atoms with E-state index in [1.807, 2.05) is 66.4 Å². The van der Waals surface area contributed by atoms with Crippen LogP contribution in [0.2, 0.25) is 0 Å². The van der Waals surface area contributed by atoms with E-state index in [1.54, 1.807) is 7.11 Å². The minimum absolute atomic E-state index is 0.256. The van der Waals surface area contributed by atoms with Crippen molar-refractivity contribution in [3.8, 4) is 5.75 Å². The van der Waals surface area contributed by atoms with Gasteiger partial charge in [-0.1, -0.05) is 36.4 Å². The van der Waals surface area contributed by atoms with Crippen molar-refractivity contribution in [2.45, 2.75) is 13.3 Å². The summed E-state index contributed by atoms with van der Waals surface area (Å²) in [5.41, 5.74) is 2.32. The molecule has 2 aromatic carbocycles. The van der Waals surface area contributed by atoms with Gasteiger partial charge in [-0.05, 0) is 31.5 Å². The van der Waals surface area contributed by atoms with Crippen molar-refractivity contribution in [2.24, 2.45) is 0 Å². The molecule has 0 unspecified atom stereocenters. The van der Waals surface area contributed by atoms with Gasteiger partial charge in [0, 0.05) is 44.0 Å². The van der Waals surface area contributed by atoms with Crippen molar-refractivity contribution >= 4 is 23.1 Å². The van der Waals surface area contributed by atoms with Gasteiger partial charge < -0.3 is 14.4 Å². The average Bonchev–Trinajstić information content (AvgIpc) is 3.10. The summed E-state index contributed by atoms with van der Waals surface area (Å²) in [6, 6.07) is 17.1. The third-order valence-electron chi connectivity index (χ3n) is 6.13. The van der Waals surface area contributed by atoms with E-state index >= 15 is 0 Å². The average molecular weight is 450 g/mol. The maximum Gasteiger partial charge on any atom is 0.278 e. The Kier molecular flexibility index (Phi) is 7.42. The molecule has 1 fully saturated rings. The molecule has 0 bridgehead atoms. The van der Waals surface area contributed by atoms with Gasteiger partial charge in [-0.15, -0.1) is 0 Å². The fourth-order valence-corrected chi connectivity index (χ4v) is 4.47. The Morgan fingerprint density at radius 3 is 2.33 bits per heavy atom. The van der Waals surface area contributed by atoms with Crippen molar-refractivity contribution in [3.63, 3.8) is 0 Å². The number of methoxy groups -OCH3 is 1. The Bertz CT molecular complexity index is 1020. The second-order valence-corrected chi connectivity index (χ2v) is 8.07. The van der Waals surface area contributed by atoms with Gasteiger partial charge in [-0.25, -0.2) is 0 Å². The number of hydrogen-bond donors (Lipinski definition) is 0. The summed E-state index contributed by atoms with van der Waals surface area (Å²) in [4.78, 5) is 33.0. The van der Waals surface area contributed by atoms with Crippen LogP contribution in [0.5, 0.6) is 5.75 Å². The number of morpholine rings is 1. The molecule has 2 amide bonds. The van der Waals surface area contributed by atoms with Gasteiger partial charge in [0.05, 0.1) is 25.9 Å². The lowest BCUT2D eigenvalue weighted by Gasteiger charge is -2.27. The van der Waals surface area contributed by atoms with Gasteiger partial charge >= 0.3 is 0 Å². The zero-order valence-corrected chi connectivity index (χ0v) is 19.3. The Labute approximate surface area is 195 Å². The molecule has 4 rings (SSSR count). The Morgan fingerprint density at radius 1 is 0.939 bits per heavy atom. The van der Waals surface area contributed by atoms with E-state index < -0.39 is 0 Å². The summed E-state index contributed by atoms with van der Waals surface area (Å²) < 4.78 is 11.0. The van der Waals surface area contributed by atoms with Crippen molar-refractivity contribution in [1.29, 1.82) is 0 Å². The molecule has 0 aromatic heterocycles. The highest BCUT2D eigenvalue weighted by molar-refractivity contribution is 6.37. The molecule has 2 aromatic rings. The number of nitrogens with zero attached hydrogens (tertiary/aromatic N) is 3. The lowest BCUT2D eigenvalue weighted by Crippen LogP contribution is -2.40. The van der Waals surface area contributed by atoms with Crippen LogP contribution in [0.4, 0.5) is 5.69 Å². The molecule has 0 radical (unpaired) electrons. The first-order chi connectivity index (χ1) is 16.2. The Hall–Kier alpha value is -3.16. The number of ether oxygens (including phenoxy) is 2. The number of amides is 2. The molecule has 0 atom stereocenters. The quantitative estimate of drug-likeness (QED) is 0.549. The molecule has 2 aliphatic rings. The van der Waals surface area contributed by atoms with Gasteiger partial charge in [0.1, 0.15) is 11.4 Å². The smallest absolute Gasteiger partial charge is 0.278 e. The summed E-state index contributed by atoms with van der Waals surface area (Å²) in [5.74, 6) is 0.0508. The van der Waals surface area contributed by atoms with Crippen molar-refractivity contribution < 1.29 is 19.1 Å². The van der Waals surface area contributed by atoms with E-state index in [9.17, 15) is 9.59 Å². The zero-order chi connectivity index (χ0) is 23.2. The number of para-hydroxylation sites is 2. The fraction of sp³-hybridized carbons (Fsp3) is 0.385. The maximum absolute atomic E-state index is 13.7. The second kappa shape index (κ2) is 10.6. The van der Waals surface area contributed by atoms with Crippen LogP contribution in [0, 0.1) is 0 Å². The number of imide groups is 1. The zero-order valence-electron chi connectivity index (χ0n) is 19.3. The number of anilines is 1. The monoisotopic (exact) mass is 449 g/mol. The third-order valence-corrected chi connectivity index (χ3v) is 6.13. The van der Waals surface area contributed by atoms with Crippen LogP contribution in [-0.2, 0) is 14.3 Å². The molecule has 0 aliphatic carbocycles. The first kappa shape index (κ1) is 23.0. The van der Waals surface area contributed by atoms with Crippen molar-refractivity contribution in [2.75, 3.05) is 57.9 Å². The van der Waals surface area contributed by atoms with Crippen LogP contribution in [0.1, 0.15) is 18.9 Å². The van der Waals surface area contributed by atoms with Gasteiger partial charge in [-0.2, -0.15) is 0 Å². The van der Waals surface area contributed by atoms with Crippen molar-refractivity contribution in [3.05, 3.63) is 65.9 Å². The summed E-state index contributed by atoms with van der Waals surface area (Å²) in [7, 11) is 1.58. The number of likely N-dealkylation sites (N-methyl/N-ethyl adjacent to an activating group) is 1. The lowest BCUT2D eigenvalue weighted by molar-refractivity contribution is -0.137. The lowest BCUT2D eigenvalue weighted by atomic mass is 10.0. The highest BCUT2D eigenvalue weighted by atomic mass is 16.5. The molecule has 7 heteroatoms. The molecule has 33 heavy (non-hydrogen) atoms. The van der Waals surface area contributed by atoms with Gasteiger partial charge in [-0.3, -0.25) is 19.4 Å². The molecular formula is C26H31N3O4. The minimum Gasteiger partial charge on any atom is -0.496 e. The first-order valence-corrected chi connectivity index (χ1v) is 11.5. The normalized spacial score (nSPS) is 17.1. The summed E-state index contributed by atoms with van der Waals surface area (Å²) in [6.07, 6.45) is 0.724. The van der Waals surface area contributed by atoms with E-state index in [1.165, 1.54) is 4.90 Å². The highest BCUT2D eigenvalue weighted by Gasteiger charge is 2.42. The number of benzene rings is 2. The second-order valence-electron chi connectivity index (χ2n) is 8.07. The topological polar surface area (TPSA) is 62.3 Å². The summed E-state index contributed by atoms with van der Waals surface area (Å²) in [6.45, 7) is 6.98. The van der Waals surface area contributed by atoms with Gasteiger partial charge in [0.15, 0.2) is 0 Å². The predicted molar refractivity (Wildman–Crippen MR) is 128 cm³/mol. The van der Waals surface area contributed by atoms with Gasteiger partial charge in [0.2, 0.25) is 0 Å². The molecule has 0 N–H and O–H groups in total. The molecule has 174 valence electrons. The Morgan fingerprint density at radius 2 is 1.64 bits per heavy atom. The highest BCUT2D eigenvalue weighted by Crippen LogP contribution is 2.37. The number of carbonyl (C=O) groups excluding carboxylic acids is 2. The first-order valence-electron chi connectivity index (χ1n) is 11.5. The van der Waals surface area contributed by atoms with Crippen LogP contribution < -0.4 is 9.64 Å². The molecule has 2 heterocycles. The number of hydrogen-bond acceptors (Lipinski definition) is 6. The number of carbonyl (C=O) groups is 2. The predicted octanol–water partition coefficient (Wildman–Crippen LogP) is 3.02. The van der Waals surface area contributed by atoms with Crippen molar-refractivity contribution in [1.82, 2.24) is 9.80 Å². The number of rotatable bonds is 9. The van der Waals surface area contributed by atoms with Gasteiger partial charge in [0.25, 0.3) is 11.8 Å². The third kappa shape index (κ3) is 4.79. The Balaban J connectivity index is 1.67. The summed E-state index contributed by atoms with van der Waals surface area (Å²) >= 11 is 0. The maximum atomic E-state index is 13.7. The SMILES string of the molecule is CCN(C1=C(c2ccccc2OC)C(=O)N(CCCN2CCOCC2)C1=O)c1ccccc1. The van der Waals surface area contributed by atoms with E-state index in [0.717, 1.165) is 45.0 Å². The van der Waals surface area contributed by atoms with Crippen LogP contribution in [0.3, 0.4) is 0 Å². The van der Waals surface area contributed by atoms with E-state index in [0.29, 0.717) is 35.7 Å². The molecule has 2 aliphatic heterocycles. The van der Waals surface area contributed by atoms with Crippen LogP contribution in [0.15, 0.2) is 60.3 Å². The molecule has 0 spiro atoms. The van der Waals surface area contributed by atoms with E-state index in [4.69, 9.17) is 9.47 Å².